The van der Waals surface area contributed by atoms with Crippen LogP contribution in [0, 0.1) is 5.41 Å². The van der Waals surface area contributed by atoms with Gasteiger partial charge in [-0.2, -0.15) is 13.2 Å². The van der Waals surface area contributed by atoms with Crippen molar-refractivity contribution in [3.8, 4) is 0 Å². The second kappa shape index (κ2) is 5.12. The van der Waals surface area contributed by atoms with Crippen molar-refractivity contribution in [3.05, 3.63) is 12.2 Å². The number of hydrogen-bond donors (Lipinski definition) is 0. The van der Waals surface area contributed by atoms with E-state index in [0.717, 1.165) is 0 Å². The van der Waals surface area contributed by atoms with Crippen molar-refractivity contribution in [2.24, 2.45) is 5.41 Å². The molecule has 0 aliphatic carbocycles. The van der Waals surface area contributed by atoms with Gasteiger partial charge in [0.25, 0.3) is 5.91 Å². The molecule has 0 saturated heterocycles. The molecule has 0 aromatic heterocycles. The van der Waals surface area contributed by atoms with E-state index in [1.807, 2.05) is 0 Å². The Morgan fingerprint density at radius 2 is 1.50 bits per heavy atom. The van der Waals surface area contributed by atoms with Gasteiger partial charge in [0.15, 0.2) is 0 Å². The van der Waals surface area contributed by atoms with Gasteiger partial charge in [-0.15, -0.1) is 0 Å². The summed E-state index contributed by atoms with van der Waals surface area (Å²) >= 11 is 0. The highest BCUT2D eigenvalue weighted by atomic mass is 19.4. The van der Waals surface area contributed by atoms with Crippen molar-refractivity contribution >= 4 is 11.8 Å². The van der Waals surface area contributed by atoms with E-state index in [0.29, 0.717) is 4.90 Å². The maximum Gasteiger partial charge on any atom is 0.421 e. The minimum Gasteiger partial charge on any atom is -0.276 e. The van der Waals surface area contributed by atoms with E-state index in [-0.39, 0.29) is 0 Å². The molecular formula is C12H18F3NO2. The molecule has 0 aromatic rings. The summed E-state index contributed by atoms with van der Waals surface area (Å²) in [4.78, 5) is 24.3. The van der Waals surface area contributed by atoms with Crippen molar-refractivity contribution in [2.45, 2.75) is 46.8 Å². The Bertz CT molecular complexity index is 364. The van der Waals surface area contributed by atoms with Crippen molar-refractivity contribution < 1.29 is 22.8 Å². The zero-order chi connectivity index (χ0) is 14.9. The standard InChI is InChI=1S/C12H18F3NO2/c1-7(2)16(10(18)11(4,5)6)9(17)8(3)12(13,14)15/h7H,3H2,1-2,4-6H3. The third kappa shape index (κ3) is 3.85. The van der Waals surface area contributed by atoms with Crippen LogP contribution in [-0.4, -0.2) is 28.9 Å². The normalized spacial score (nSPS) is 12.5. The first-order valence-corrected chi connectivity index (χ1v) is 5.44. The van der Waals surface area contributed by atoms with Gasteiger partial charge in [0.1, 0.15) is 5.57 Å². The molecule has 0 rings (SSSR count). The maximum atomic E-state index is 12.4. The Kier molecular flexibility index (Phi) is 4.74. The number of halogens is 3. The molecule has 0 saturated carbocycles. The smallest absolute Gasteiger partial charge is 0.276 e. The molecule has 0 fully saturated rings. The summed E-state index contributed by atoms with van der Waals surface area (Å²) in [5.41, 5.74) is -2.47. The lowest BCUT2D eigenvalue weighted by molar-refractivity contribution is -0.155. The Labute approximate surface area is 105 Å². The van der Waals surface area contributed by atoms with Gasteiger partial charge < -0.3 is 0 Å². The molecule has 3 nitrogen and oxygen atoms in total. The highest BCUT2D eigenvalue weighted by molar-refractivity contribution is 6.06. The molecule has 0 spiro atoms. The molecule has 18 heavy (non-hydrogen) atoms. The van der Waals surface area contributed by atoms with Crippen LogP contribution in [0.15, 0.2) is 12.2 Å². The van der Waals surface area contributed by atoms with Gasteiger partial charge in [-0.05, 0) is 13.8 Å². The van der Waals surface area contributed by atoms with Crippen molar-refractivity contribution in [1.29, 1.82) is 0 Å². The molecule has 104 valence electrons. The number of carbonyl (C=O) groups is 2. The zero-order valence-electron chi connectivity index (χ0n) is 11.2. The van der Waals surface area contributed by atoms with Crippen molar-refractivity contribution in [3.63, 3.8) is 0 Å². The number of nitrogens with zero attached hydrogens (tertiary/aromatic N) is 1. The van der Waals surface area contributed by atoms with E-state index >= 15 is 0 Å². The number of alkyl halides is 3. The van der Waals surface area contributed by atoms with E-state index in [1.54, 1.807) is 0 Å². The summed E-state index contributed by atoms with van der Waals surface area (Å²) in [6, 6.07) is -0.664. The monoisotopic (exact) mass is 265 g/mol. The van der Waals surface area contributed by atoms with Gasteiger partial charge in [0.2, 0.25) is 5.91 Å². The maximum absolute atomic E-state index is 12.4. The molecule has 0 atom stereocenters. The van der Waals surface area contributed by atoms with Crippen molar-refractivity contribution in [2.75, 3.05) is 0 Å². The Hall–Kier alpha value is -1.33. The van der Waals surface area contributed by atoms with Gasteiger partial charge in [0, 0.05) is 11.5 Å². The van der Waals surface area contributed by atoms with Gasteiger partial charge in [-0.25, -0.2) is 0 Å². The SMILES string of the molecule is C=C(C(=O)N(C(=O)C(C)(C)C)C(C)C)C(F)(F)F. The Balaban J connectivity index is 5.36. The fourth-order valence-corrected chi connectivity index (χ4v) is 1.19. The average Bonchev–Trinajstić information content (AvgIpc) is 2.12. The first-order chi connectivity index (χ1) is 7.80. The van der Waals surface area contributed by atoms with Crippen molar-refractivity contribution in [1.82, 2.24) is 4.90 Å². The van der Waals surface area contributed by atoms with Crippen LogP contribution in [0.1, 0.15) is 34.6 Å². The van der Waals surface area contributed by atoms with E-state index in [2.05, 4.69) is 6.58 Å². The van der Waals surface area contributed by atoms with E-state index < -0.39 is 35.0 Å². The van der Waals surface area contributed by atoms with Crippen LogP contribution in [0.3, 0.4) is 0 Å². The highest BCUT2D eigenvalue weighted by Crippen LogP contribution is 2.28. The molecule has 0 bridgehead atoms. The van der Waals surface area contributed by atoms with Gasteiger partial charge in [0.05, 0.1) is 0 Å². The summed E-state index contributed by atoms with van der Waals surface area (Å²) in [5.74, 6) is -2.05. The lowest BCUT2D eigenvalue weighted by Crippen LogP contribution is -2.49. The number of imide groups is 1. The van der Waals surface area contributed by atoms with Crippen LogP contribution in [0.4, 0.5) is 13.2 Å². The third-order valence-corrected chi connectivity index (χ3v) is 2.20. The first-order valence-electron chi connectivity index (χ1n) is 5.44. The molecule has 0 radical (unpaired) electrons. The van der Waals surface area contributed by atoms with Crippen LogP contribution in [0.5, 0.6) is 0 Å². The molecule has 0 aromatic carbocycles. The number of rotatable bonds is 2. The summed E-state index contributed by atoms with van der Waals surface area (Å²) in [6.45, 7) is 10.3. The fraction of sp³-hybridized carbons (Fsp3) is 0.667. The Morgan fingerprint density at radius 1 is 1.11 bits per heavy atom. The van der Waals surface area contributed by atoms with Gasteiger partial charge >= 0.3 is 6.18 Å². The number of amides is 2. The fourth-order valence-electron chi connectivity index (χ4n) is 1.19. The molecule has 2 amide bonds. The predicted molar refractivity (Wildman–Crippen MR) is 61.6 cm³/mol. The predicted octanol–water partition coefficient (Wildman–Crippen LogP) is 2.91. The zero-order valence-corrected chi connectivity index (χ0v) is 11.2. The number of hydrogen-bond acceptors (Lipinski definition) is 2. The molecule has 0 aliphatic heterocycles. The third-order valence-electron chi connectivity index (χ3n) is 2.20. The molecule has 0 heterocycles. The second-order valence-corrected chi connectivity index (χ2v) is 5.30. The summed E-state index contributed by atoms with van der Waals surface area (Å²) in [6.07, 6.45) is -4.83. The summed E-state index contributed by atoms with van der Waals surface area (Å²) in [5, 5.41) is 0. The lowest BCUT2D eigenvalue weighted by Gasteiger charge is -2.31. The van der Waals surface area contributed by atoms with E-state index in [1.165, 1.54) is 34.6 Å². The minimum absolute atomic E-state index is 0.607. The van der Waals surface area contributed by atoms with Crippen LogP contribution in [-0.2, 0) is 9.59 Å². The number of carbonyl (C=O) groups excluding carboxylic acids is 2. The van der Waals surface area contributed by atoms with Crippen LogP contribution in [0.25, 0.3) is 0 Å². The van der Waals surface area contributed by atoms with Crippen LogP contribution < -0.4 is 0 Å². The first kappa shape index (κ1) is 16.7. The lowest BCUT2D eigenvalue weighted by atomic mass is 9.93. The van der Waals surface area contributed by atoms with Crippen LogP contribution >= 0.6 is 0 Å². The Morgan fingerprint density at radius 3 is 1.72 bits per heavy atom. The molecule has 0 aliphatic rings. The molecular weight excluding hydrogens is 247 g/mol. The highest BCUT2D eigenvalue weighted by Gasteiger charge is 2.43. The average molecular weight is 265 g/mol. The largest absolute Gasteiger partial charge is 0.421 e. The van der Waals surface area contributed by atoms with Gasteiger partial charge in [-0.3, -0.25) is 14.5 Å². The summed E-state index contributed by atoms with van der Waals surface area (Å²) in [7, 11) is 0. The van der Waals surface area contributed by atoms with Gasteiger partial charge in [-0.1, -0.05) is 27.4 Å². The molecule has 0 unspecified atom stereocenters. The van der Waals surface area contributed by atoms with E-state index in [4.69, 9.17) is 0 Å². The quantitative estimate of drug-likeness (QED) is 0.720. The minimum atomic E-state index is -4.83. The topological polar surface area (TPSA) is 37.4 Å². The summed E-state index contributed by atoms with van der Waals surface area (Å²) < 4.78 is 37.3. The van der Waals surface area contributed by atoms with E-state index in [9.17, 15) is 22.8 Å². The second-order valence-electron chi connectivity index (χ2n) is 5.30. The molecule has 0 N–H and O–H groups in total. The van der Waals surface area contributed by atoms with Crippen LogP contribution in [0.2, 0.25) is 0 Å². The molecule has 6 heteroatoms.